The summed E-state index contributed by atoms with van der Waals surface area (Å²) in [6, 6.07) is 15.5. The smallest absolute Gasteiger partial charge is 0.227 e. The van der Waals surface area contributed by atoms with Gasteiger partial charge < -0.3 is 14.9 Å². The number of nitrogens with one attached hydrogen (secondary N) is 1. The van der Waals surface area contributed by atoms with E-state index in [4.69, 9.17) is 9.63 Å². The van der Waals surface area contributed by atoms with E-state index in [1.807, 2.05) is 48.5 Å². The van der Waals surface area contributed by atoms with Gasteiger partial charge >= 0.3 is 0 Å². The number of carbonyl (C=O) groups is 1. The zero-order chi connectivity index (χ0) is 17.9. The Labute approximate surface area is 150 Å². The zero-order valence-corrected chi connectivity index (χ0v) is 14.2. The number of amides is 1. The highest BCUT2D eigenvalue weighted by Crippen LogP contribution is 2.34. The zero-order valence-electron chi connectivity index (χ0n) is 14.2. The quantitative estimate of drug-likeness (QED) is 0.739. The average molecular weight is 349 g/mol. The van der Waals surface area contributed by atoms with Crippen LogP contribution in [0.2, 0.25) is 0 Å². The second kappa shape index (κ2) is 7.09. The van der Waals surface area contributed by atoms with Crippen molar-refractivity contribution in [3.05, 3.63) is 65.5 Å². The molecule has 2 aromatic carbocycles. The minimum Gasteiger partial charge on any atom is -0.396 e. The summed E-state index contributed by atoms with van der Waals surface area (Å²) >= 11 is 0. The Morgan fingerprint density at radius 2 is 1.96 bits per heavy atom. The minimum atomic E-state index is 0.00732. The van der Waals surface area contributed by atoms with Crippen molar-refractivity contribution >= 4 is 11.6 Å². The number of nitrogens with zero attached hydrogens (tertiary/aromatic N) is 2. The normalized spacial score (nSPS) is 16.2. The lowest BCUT2D eigenvalue weighted by molar-refractivity contribution is -0.116. The van der Waals surface area contributed by atoms with E-state index < -0.39 is 0 Å². The van der Waals surface area contributed by atoms with Crippen molar-refractivity contribution in [1.82, 2.24) is 10.1 Å². The van der Waals surface area contributed by atoms with E-state index in [1.165, 1.54) is 0 Å². The Morgan fingerprint density at radius 3 is 2.77 bits per heavy atom. The van der Waals surface area contributed by atoms with Gasteiger partial charge in [0.2, 0.25) is 17.6 Å². The molecule has 1 atom stereocenters. The Bertz CT molecular complexity index is 918. The fourth-order valence-corrected chi connectivity index (χ4v) is 3.30. The summed E-state index contributed by atoms with van der Waals surface area (Å²) in [4.78, 5) is 16.4. The van der Waals surface area contributed by atoms with Gasteiger partial charge in [-0.3, -0.25) is 4.79 Å². The Kier molecular flexibility index (Phi) is 4.50. The first-order chi connectivity index (χ1) is 12.7. The molecule has 0 aliphatic carbocycles. The number of para-hydroxylation sites is 1. The SMILES string of the molecule is O=C1CC(Cc2nc(-c3ccc(CCO)cc3)no2)c2ccccc2N1. The van der Waals surface area contributed by atoms with E-state index in [0.29, 0.717) is 31.0 Å². The van der Waals surface area contributed by atoms with E-state index in [-0.39, 0.29) is 18.4 Å². The summed E-state index contributed by atoms with van der Waals surface area (Å²) in [6.07, 6.45) is 1.56. The number of carbonyl (C=O) groups excluding carboxylic acids is 1. The van der Waals surface area contributed by atoms with E-state index >= 15 is 0 Å². The molecule has 4 rings (SSSR count). The molecule has 132 valence electrons. The van der Waals surface area contributed by atoms with Crippen LogP contribution in [0.3, 0.4) is 0 Å². The minimum absolute atomic E-state index is 0.00732. The summed E-state index contributed by atoms with van der Waals surface area (Å²) in [7, 11) is 0. The Hall–Kier alpha value is -2.99. The average Bonchev–Trinajstić information content (AvgIpc) is 3.11. The molecule has 0 spiro atoms. The van der Waals surface area contributed by atoms with E-state index in [9.17, 15) is 4.79 Å². The molecule has 1 aliphatic rings. The van der Waals surface area contributed by atoms with Crippen LogP contribution in [0.1, 0.15) is 29.4 Å². The van der Waals surface area contributed by atoms with Gasteiger partial charge in [0.1, 0.15) is 0 Å². The number of aliphatic hydroxyl groups is 1. The summed E-state index contributed by atoms with van der Waals surface area (Å²) < 4.78 is 5.42. The van der Waals surface area contributed by atoms with Crippen LogP contribution in [-0.4, -0.2) is 27.8 Å². The lowest BCUT2D eigenvalue weighted by atomic mass is 9.88. The van der Waals surface area contributed by atoms with E-state index in [1.54, 1.807) is 0 Å². The third-order valence-electron chi connectivity index (χ3n) is 4.61. The van der Waals surface area contributed by atoms with Crippen molar-refractivity contribution in [3.8, 4) is 11.4 Å². The number of aromatic nitrogens is 2. The lowest BCUT2D eigenvalue weighted by Gasteiger charge is -2.24. The molecule has 6 heteroatoms. The molecular weight excluding hydrogens is 330 g/mol. The third-order valence-corrected chi connectivity index (χ3v) is 4.61. The van der Waals surface area contributed by atoms with Crippen LogP contribution in [0.4, 0.5) is 5.69 Å². The first kappa shape index (κ1) is 16.5. The first-order valence-corrected chi connectivity index (χ1v) is 8.64. The van der Waals surface area contributed by atoms with Crippen molar-refractivity contribution in [2.24, 2.45) is 0 Å². The summed E-state index contributed by atoms with van der Waals surface area (Å²) in [5.41, 5.74) is 3.88. The van der Waals surface area contributed by atoms with Gasteiger partial charge in [0.05, 0.1) is 0 Å². The van der Waals surface area contributed by atoms with Gasteiger partial charge in [-0.1, -0.05) is 47.6 Å². The maximum atomic E-state index is 11.9. The number of aliphatic hydroxyl groups excluding tert-OH is 1. The maximum Gasteiger partial charge on any atom is 0.227 e. The molecule has 26 heavy (non-hydrogen) atoms. The molecule has 0 fully saturated rings. The number of hydrogen-bond donors (Lipinski definition) is 2. The van der Waals surface area contributed by atoms with Gasteiger partial charge in [0.25, 0.3) is 0 Å². The molecular formula is C20H19N3O3. The van der Waals surface area contributed by atoms with Gasteiger partial charge in [-0.15, -0.1) is 0 Å². The molecule has 2 N–H and O–H groups in total. The maximum absolute atomic E-state index is 11.9. The molecule has 0 bridgehead atoms. The molecule has 1 amide bonds. The Balaban J connectivity index is 1.53. The largest absolute Gasteiger partial charge is 0.396 e. The van der Waals surface area contributed by atoms with Gasteiger partial charge in [0, 0.05) is 36.6 Å². The standard InChI is InChI=1S/C20H19N3O3/c24-10-9-13-5-7-14(8-6-13)20-22-19(26-23-20)12-15-11-18(25)21-17-4-2-1-3-16(15)17/h1-8,15,24H,9-12H2,(H,21,25). The van der Waals surface area contributed by atoms with Crippen LogP contribution in [0.15, 0.2) is 53.1 Å². The molecule has 0 saturated heterocycles. The van der Waals surface area contributed by atoms with Gasteiger partial charge in [-0.05, 0) is 23.6 Å². The Morgan fingerprint density at radius 1 is 1.15 bits per heavy atom. The highest BCUT2D eigenvalue weighted by Gasteiger charge is 2.26. The number of rotatable bonds is 5. The first-order valence-electron chi connectivity index (χ1n) is 8.64. The molecule has 0 saturated carbocycles. The van der Waals surface area contributed by atoms with Crippen LogP contribution in [0.5, 0.6) is 0 Å². The van der Waals surface area contributed by atoms with Crippen LogP contribution in [-0.2, 0) is 17.6 Å². The fraction of sp³-hybridized carbons (Fsp3) is 0.250. The van der Waals surface area contributed by atoms with Crippen LogP contribution < -0.4 is 5.32 Å². The topological polar surface area (TPSA) is 88.2 Å². The van der Waals surface area contributed by atoms with Crippen molar-refractivity contribution in [1.29, 1.82) is 0 Å². The van der Waals surface area contributed by atoms with Crippen LogP contribution in [0.25, 0.3) is 11.4 Å². The number of benzene rings is 2. The number of anilines is 1. The summed E-state index contributed by atoms with van der Waals surface area (Å²) in [5, 5.41) is 16.0. The van der Waals surface area contributed by atoms with Crippen LogP contribution in [0, 0.1) is 0 Å². The van der Waals surface area contributed by atoms with E-state index in [0.717, 1.165) is 22.4 Å². The number of fused-ring (bicyclic) bond motifs is 1. The lowest BCUT2D eigenvalue weighted by Crippen LogP contribution is -2.23. The van der Waals surface area contributed by atoms with Gasteiger partial charge in [0.15, 0.2) is 0 Å². The van der Waals surface area contributed by atoms with Gasteiger partial charge in [-0.2, -0.15) is 4.98 Å². The highest BCUT2D eigenvalue weighted by molar-refractivity contribution is 5.94. The van der Waals surface area contributed by atoms with Crippen LogP contribution >= 0.6 is 0 Å². The third kappa shape index (κ3) is 3.36. The monoisotopic (exact) mass is 349 g/mol. The molecule has 0 radical (unpaired) electrons. The molecule has 1 unspecified atom stereocenters. The molecule has 3 aromatic rings. The molecule has 1 aliphatic heterocycles. The molecule has 2 heterocycles. The summed E-state index contributed by atoms with van der Waals surface area (Å²) in [6.45, 7) is 0.127. The van der Waals surface area contributed by atoms with Crippen molar-refractivity contribution < 1.29 is 14.4 Å². The molecule has 6 nitrogen and oxygen atoms in total. The van der Waals surface area contributed by atoms with Crippen molar-refractivity contribution in [3.63, 3.8) is 0 Å². The predicted octanol–water partition coefficient (Wildman–Crippen LogP) is 2.94. The van der Waals surface area contributed by atoms with E-state index in [2.05, 4.69) is 15.5 Å². The van der Waals surface area contributed by atoms with Gasteiger partial charge in [-0.25, -0.2) is 0 Å². The number of hydrogen-bond acceptors (Lipinski definition) is 5. The van der Waals surface area contributed by atoms with Crippen molar-refractivity contribution in [2.75, 3.05) is 11.9 Å². The van der Waals surface area contributed by atoms with Crippen molar-refractivity contribution in [2.45, 2.75) is 25.2 Å². The molecule has 1 aromatic heterocycles. The second-order valence-corrected chi connectivity index (χ2v) is 6.42. The highest BCUT2D eigenvalue weighted by atomic mass is 16.5. The predicted molar refractivity (Wildman–Crippen MR) is 96.7 cm³/mol. The summed E-state index contributed by atoms with van der Waals surface area (Å²) in [5.74, 6) is 1.09. The second-order valence-electron chi connectivity index (χ2n) is 6.42. The fourth-order valence-electron chi connectivity index (χ4n) is 3.30.